The third-order valence-electron chi connectivity index (χ3n) is 4.26. The van der Waals surface area contributed by atoms with Gasteiger partial charge in [-0.15, -0.1) is 0 Å². The van der Waals surface area contributed by atoms with Gasteiger partial charge in [-0.3, -0.25) is 9.59 Å². The number of thioether (sulfide) groups is 1. The third kappa shape index (κ3) is 7.62. The monoisotopic (exact) mass is 414 g/mol. The molecular weight excluding hydrogens is 388 g/mol. The van der Waals surface area contributed by atoms with Crippen LogP contribution in [0.1, 0.15) is 35.3 Å². The molecule has 6 nitrogen and oxygen atoms in total. The molecule has 7 heteroatoms. The number of carbonyl (C=O) groups excluding carboxylic acids is 3. The highest BCUT2D eigenvalue weighted by Crippen LogP contribution is 2.11. The molecule has 0 saturated carbocycles. The minimum Gasteiger partial charge on any atom is -0.454 e. The van der Waals surface area contributed by atoms with Crippen molar-refractivity contribution in [1.29, 1.82) is 0 Å². The van der Waals surface area contributed by atoms with E-state index in [1.54, 1.807) is 36.0 Å². The van der Waals surface area contributed by atoms with Crippen molar-refractivity contribution in [2.45, 2.75) is 25.4 Å². The molecule has 2 aromatic rings. The Morgan fingerprint density at radius 3 is 2.21 bits per heavy atom. The summed E-state index contributed by atoms with van der Waals surface area (Å²) in [7, 11) is 0. The second-order valence-electron chi connectivity index (χ2n) is 6.48. The number of nitrogens with one attached hydrogen (secondary N) is 2. The second-order valence-corrected chi connectivity index (χ2v) is 7.47. The van der Waals surface area contributed by atoms with E-state index in [1.807, 2.05) is 49.6 Å². The van der Waals surface area contributed by atoms with E-state index < -0.39 is 24.5 Å². The molecule has 2 amide bonds. The first kappa shape index (κ1) is 22.5. The van der Waals surface area contributed by atoms with Gasteiger partial charge in [0.25, 0.3) is 11.8 Å². The van der Waals surface area contributed by atoms with Crippen LogP contribution in [-0.4, -0.2) is 42.4 Å². The summed E-state index contributed by atoms with van der Waals surface area (Å²) < 4.78 is 5.16. The first-order valence-corrected chi connectivity index (χ1v) is 10.8. The van der Waals surface area contributed by atoms with Gasteiger partial charge in [0.15, 0.2) is 6.61 Å². The molecule has 154 valence electrons. The Morgan fingerprint density at radius 2 is 1.59 bits per heavy atom. The van der Waals surface area contributed by atoms with Gasteiger partial charge in [-0.05, 0) is 43.0 Å². The van der Waals surface area contributed by atoms with Crippen LogP contribution in [0.3, 0.4) is 0 Å². The second kappa shape index (κ2) is 11.9. The predicted octanol–water partition coefficient (Wildman–Crippen LogP) is 2.96. The van der Waals surface area contributed by atoms with E-state index in [4.69, 9.17) is 4.74 Å². The van der Waals surface area contributed by atoms with Crippen molar-refractivity contribution in [3.05, 3.63) is 71.8 Å². The maximum absolute atomic E-state index is 12.4. The van der Waals surface area contributed by atoms with Crippen LogP contribution in [0.2, 0.25) is 0 Å². The fraction of sp³-hybridized carbons (Fsp3) is 0.318. The van der Waals surface area contributed by atoms with Gasteiger partial charge in [-0.2, -0.15) is 11.8 Å². The van der Waals surface area contributed by atoms with Crippen LogP contribution in [0, 0.1) is 0 Å². The number of amides is 2. The largest absolute Gasteiger partial charge is 0.454 e. The molecule has 0 aromatic heterocycles. The molecular formula is C22H26N2O4S. The Balaban J connectivity index is 1.88. The molecule has 2 N–H and O–H groups in total. The molecule has 2 rings (SSSR count). The van der Waals surface area contributed by atoms with E-state index in [2.05, 4.69) is 10.6 Å². The molecule has 0 radical (unpaired) electrons. The molecule has 0 aliphatic carbocycles. The summed E-state index contributed by atoms with van der Waals surface area (Å²) in [6.07, 6.45) is 2.33. The lowest BCUT2D eigenvalue weighted by molar-refractivity contribution is -0.150. The van der Waals surface area contributed by atoms with Crippen molar-refractivity contribution in [1.82, 2.24) is 10.6 Å². The van der Waals surface area contributed by atoms with Crippen LogP contribution >= 0.6 is 11.8 Å². The summed E-state index contributed by atoms with van der Waals surface area (Å²) in [5.74, 6) is -0.694. The number of hydrogen-bond donors (Lipinski definition) is 2. The van der Waals surface area contributed by atoms with Crippen molar-refractivity contribution >= 4 is 29.5 Å². The van der Waals surface area contributed by atoms with Gasteiger partial charge in [0, 0.05) is 5.56 Å². The molecule has 0 aliphatic rings. The molecule has 0 spiro atoms. The van der Waals surface area contributed by atoms with Gasteiger partial charge < -0.3 is 15.4 Å². The fourth-order valence-electron chi connectivity index (χ4n) is 2.66. The van der Waals surface area contributed by atoms with Crippen molar-refractivity contribution in [2.75, 3.05) is 18.6 Å². The number of benzene rings is 2. The Kier molecular flexibility index (Phi) is 9.24. The highest BCUT2D eigenvalue weighted by atomic mass is 32.2. The maximum atomic E-state index is 12.4. The van der Waals surface area contributed by atoms with E-state index in [0.29, 0.717) is 17.7 Å². The van der Waals surface area contributed by atoms with E-state index in [1.165, 1.54) is 0 Å². The molecule has 2 aromatic carbocycles. The summed E-state index contributed by atoms with van der Waals surface area (Å²) in [6, 6.07) is 17.2. The summed E-state index contributed by atoms with van der Waals surface area (Å²) in [4.78, 5) is 36.9. The Morgan fingerprint density at radius 1 is 0.966 bits per heavy atom. The molecule has 2 atom stereocenters. The Labute approximate surface area is 175 Å². The number of carbonyl (C=O) groups is 3. The minimum absolute atomic E-state index is 0.201. The van der Waals surface area contributed by atoms with Gasteiger partial charge in [0.1, 0.15) is 6.04 Å². The van der Waals surface area contributed by atoms with Crippen LogP contribution in [0.5, 0.6) is 0 Å². The fourth-order valence-corrected chi connectivity index (χ4v) is 3.13. The molecule has 29 heavy (non-hydrogen) atoms. The van der Waals surface area contributed by atoms with Crippen LogP contribution in [0.15, 0.2) is 60.7 Å². The first-order chi connectivity index (χ1) is 14.0. The molecule has 0 saturated heterocycles. The maximum Gasteiger partial charge on any atom is 0.329 e. The van der Waals surface area contributed by atoms with Gasteiger partial charge >= 0.3 is 5.97 Å². The third-order valence-corrected chi connectivity index (χ3v) is 4.90. The van der Waals surface area contributed by atoms with Crippen LogP contribution in [-0.2, 0) is 14.3 Å². The lowest BCUT2D eigenvalue weighted by Gasteiger charge is -2.18. The standard InChI is InChI=1S/C22H26N2O4S/c1-16(17-9-5-3-6-10-17)23-20(25)15-28-22(27)19(13-14-29-2)24-21(26)18-11-7-4-8-12-18/h3-12,16,19H,13-15H2,1-2H3,(H,23,25)(H,24,26)/t16-,19+/m1/s1. The zero-order chi connectivity index (χ0) is 21.1. The van der Waals surface area contributed by atoms with Gasteiger partial charge in [0.2, 0.25) is 0 Å². The van der Waals surface area contributed by atoms with Gasteiger partial charge in [0.05, 0.1) is 6.04 Å². The smallest absolute Gasteiger partial charge is 0.329 e. The number of hydrogen-bond acceptors (Lipinski definition) is 5. The molecule has 0 unspecified atom stereocenters. The highest BCUT2D eigenvalue weighted by molar-refractivity contribution is 7.98. The van der Waals surface area contributed by atoms with Crippen molar-refractivity contribution < 1.29 is 19.1 Å². The summed E-state index contributed by atoms with van der Waals surface area (Å²) in [6.45, 7) is 1.46. The van der Waals surface area contributed by atoms with Crippen LogP contribution in [0.25, 0.3) is 0 Å². The topological polar surface area (TPSA) is 84.5 Å². The van der Waals surface area contributed by atoms with Gasteiger partial charge in [-0.1, -0.05) is 48.5 Å². The normalized spacial score (nSPS) is 12.5. The zero-order valence-electron chi connectivity index (χ0n) is 16.6. The minimum atomic E-state index is -0.811. The highest BCUT2D eigenvalue weighted by Gasteiger charge is 2.23. The van der Waals surface area contributed by atoms with E-state index >= 15 is 0 Å². The number of ether oxygens (including phenoxy) is 1. The summed E-state index contributed by atoms with van der Waals surface area (Å²) in [5, 5.41) is 5.49. The average molecular weight is 415 g/mol. The first-order valence-electron chi connectivity index (χ1n) is 9.37. The van der Waals surface area contributed by atoms with Crippen LogP contribution < -0.4 is 10.6 Å². The summed E-state index contributed by atoms with van der Waals surface area (Å²) >= 11 is 1.56. The Bertz CT molecular complexity index is 799. The number of esters is 1. The molecule has 0 bridgehead atoms. The van der Waals surface area contributed by atoms with Crippen molar-refractivity contribution in [3.63, 3.8) is 0 Å². The number of rotatable bonds is 10. The van der Waals surface area contributed by atoms with E-state index in [0.717, 1.165) is 5.56 Å². The SMILES string of the molecule is CSCC[C@H](NC(=O)c1ccccc1)C(=O)OCC(=O)N[C@H](C)c1ccccc1. The van der Waals surface area contributed by atoms with E-state index in [-0.39, 0.29) is 11.9 Å². The quantitative estimate of drug-likeness (QED) is 0.584. The van der Waals surface area contributed by atoms with Crippen LogP contribution in [0.4, 0.5) is 0 Å². The average Bonchev–Trinajstić information content (AvgIpc) is 2.76. The molecule has 0 heterocycles. The zero-order valence-corrected chi connectivity index (χ0v) is 17.4. The molecule has 0 fully saturated rings. The lowest BCUT2D eigenvalue weighted by Crippen LogP contribution is -2.43. The van der Waals surface area contributed by atoms with Gasteiger partial charge in [-0.25, -0.2) is 4.79 Å². The molecule has 0 aliphatic heterocycles. The Hall–Kier alpha value is -2.80. The van der Waals surface area contributed by atoms with E-state index in [9.17, 15) is 14.4 Å². The van der Waals surface area contributed by atoms with Crippen molar-refractivity contribution in [2.24, 2.45) is 0 Å². The lowest BCUT2D eigenvalue weighted by atomic mass is 10.1. The summed E-state index contributed by atoms with van der Waals surface area (Å²) in [5.41, 5.74) is 1.42. The predicted molar refractivity (Wildman–Crippen MR) is 115 cm³/mol. The van der Waals surface area contributed by atoms with Crippen molar-refractivity contribution in [3.8, 4) is 0 Å².